The van der Waals surface area contributed by atoms with Gasteiger partial charge in [-0.25, -0.2) is 9.36 Å². The van der Waals surface area contributed by atoms with E-state index in [9.17, 15) is 9.90 Å². The molecular weight excluding hydrogens is 230 g/mol. The van der Waals surface area contributed by atoms with Crippen molar-refractivity contribution < 1.29 is 14.9 Å². The van der Waals surface area contributed by atoms with E-state index in [-0.39, 0.29) is 24.9 Å². The van der Waals surface area contributed by atoms with Gasteiger partial charge >= 0.3 is 5.69 Å². The molecule has 0 radical (unpaired) electrons. The Morgan fingerprint density at radius 3 is 2.71 bits per heavy atom. The van der Waals surface area contributed by atoms with E-state index in [1.165, 1.54) is 0 Å². The molecule has 94 valence electrons. The van der Waals surface area contributed by atoms with Crippen molar-refractivity contribution in [3.63, 3.8) is 0 Å². The summed E-state index contributed by atoms with van der Waals surface area (Å²) in [4.78, 5) is 18.6. The first kappa shape index (κ1) is 11.8. The van der Waals surface area contributed by atoms with Gasteiger partial charge in [0, 0.05) is 6.42 Å². The second-order valence-electron chi connectivity index (χ2n) is 3.71. The Kier molecular flexibility index (Phi) is 2.96. The fraction of sp³-hybridized carbons (Fsp3) is 0.625. The van der Waals surface area contributed by atoms with E-state index < -0.39 is 24.1 Å². The Labute approximate surface area is 95.7 Å². The number of ether oxygens (including phenoxy) is 1. The minimum Gasteiger partial charge on any atom is -0.394 e. The van der Waals surface area contributed by atoms with Crippen LogP contribution in [0.3, 0.4) is 0 Å². The largest absolute Gasteiger partial charge is 0.394 e. The summed E-state index contributed by atoms with van der Waals surface area (Å²) in [5.41, 5.74) is 10.1. The fourth-order valence-electron chi connectivity index (χ4n) is 1.75. The molecule has 6 N–H and O–H groups in total. The van der Waals surface area contributed by atoms with Crippen LogP contribution in [0.2, 0.25) is 0 Å². The minimum atomic E-state index is -0.867. The maximum absolute atomic E-state index is 11.6. The van der Waals surface area contributed by atoms with Crippen molar-refractivity contribution in [1.82, 2.24) is 14.5 Å². The Hall–Kier alpha value is -1.71. The number of nitrogen functional groups attached to an aromatic ring is 2. The summed E-state index contributed by atoms with van der Waals surface area (Å²) in [5, 5.41) is 18.5. The smallest absolute Gasteiger partial charge is 0.355 e. The number of aliphatic hydroxyl groups is 2. The predicted octanol–water partition coefficient (Wildman–Crippen LogP) is -2.56. The third-order valence-electron chi connectivity index (χ3n) is 2.56. The molecule has 1 aromatic heterocycles. The van der Waals surface area contributed by atoms with E-state index in [1.54, 1.807) is 0 Å². The maximum atomic E-state index is 11.6. The highest BCUT2D eigenvalue weighted by molar-refractivity contribution is 5.25. The molecule has 9 heteroatoms. The van der Waals surface area contributed by atoms with Crippen LogP contribution in [0, 0.1) is 0 Å². The standard InChI is InChI=1S/C8H13N5O4/c9-6-11-7(10)13(8(16)12-6)5-1-3(15)4(2-14)17-5/h3-5,14-15H,1-2H2,(H4,9,10,11,12,16)/t3-,4+,5+/m0/s1. The first-order valence-electron chi connectivity index (χ1n) is 4.99. The van der Waals surface area contributed by atoms with Gasteiger partial charge in [0.2, 0.25) is 11.9 Å². The van der Waals surface area contributed by atoms with E-state index in [1.807, 2.05) is 0 Å². The lowest BCUT2D eigenvalue weighted by molar-refractivity contribution is -0.0453. The van der Waals surface area contributed by atoms with Crippen LogP contribution in [0.1, 0.15) is 12.6 Å². The van der Waals surface area contributed by atoms with Gasteiger partial charge in [-0.3, -0.25) is 0 Å². The van der Waals surface area contributed by atoms with Crippen LogP contribution in [-0.4, -0.2) is 43.6 Å². The molecule has 0 spiro atoms. The summed E-state index contributed by atoms with van der Waals surface area (Å²) in [6.45, 7) is -0.345. The van der Waals surface area contributed by atoms with Crippen LogP contribution in [0.4, 0.5) is 11.9 Å². The van der Waals surface area contributed by atoms with Gasteiger partial charge < -0.3 is 26.4 Å². The number of aliphatic hydroxyl groups excluding tert-OH is 2. The quantitative estimate of drug-likeness (QED) is 0.443. The topological polar surface area (TPSA) is 150 Å². The molecule has 2 rings (SSSR count). The molecule has 0 saturated carbocycles. The zero-order chi connectivity index (χ0) is 12.6. The fourth-order valence-corrected chi connectivity index (χ4v) is 1.75. The van der Waals surface area contributed by atoms with Gasteiger partial charge in [-0.2, -0.15) is 9.97 Å². The molecule has 3 atom stereocenters. The van der Waals surface area contributed by atoms with Crippen LogP contribution < -0.4 is 17.2 Å². The van der Waals surface area contributed by atoms with Crippen LogP contribution >= 0.6 is 0 Å². The molecule has 17 heavy (non-hydrogen) atoms. The van der Waals surface area contributed by atoms with Gasteiger partial charge in [-0.05, 0) is 0 Å². The Morgan fingerprint density at radius 2 is 2.18 bits per heavy atom. The molecule has 1 fully saturated rings. The maximum Gasteiger partial charge on any atom is 0.355 e. The summed E-state index contributed by atoms with van der Waals surface area (Å²) in [6.07, 6.45) is -2.28. The first-order valence-corrected chi connectivity index (χ1v) is 4.99. The number of anilines is 2. The number of nitrogens with two attached hydrogens (primary N) is 2. The van der Waals surface area contributed by atoms with Crippen LogP contribution in [0.5, 0.6) is 0 Å². The van der Waals surface area contributed by atoms with Gasteiger partial charge in [0.15, 0.2) is 0 Å². The van der Waals surface area contributed by atoms with Crippen molar-refractivity contribution in [1.29, 1.82) is 0 Å². The number of hydrogen-bond acceptors (Lipinski definition) is 8. The molecule has 0 aromatic carbocycles. The highest BCUT2D eigenvalue weighted by Gasteiger charge is 2.36. The third-order valence-corrected chi connectivity index (χ3v) is 2.56. The summed E-state index contributed by atoms with van der Waals surface area (Å²) < 4.78 is 6.27. The molecule has 0 amide bonds. The highest BCUT2D eigenvalue weighted by atomic mass is 16.5. The van der Waals surface area contributed by atoms with Crippen LogP contribution in [0.15, 0.2) is 4.79 Å². The second-order valence-corrected chi connectivity index (χ2v) is 3.71. The van der Waals surface area contributed by atoms with Gasteiger partial charge in [0.05, 0.1) is 12.7 Å². The molecule has 1 aliphatic heterocycles. The SMILES string of the molecule is Nc1nc(N)n([C@H]2C[C@H](O)[C@@H](CO)O2)c(=O)n1. The number of nitrogens with zero attached hydrogens (tertiary/aromatic N) is 3. The molecule has 0 aliphatic carbocycles. The summed E-state index contributed by atoms with van der Waals surface area (Å²) in [7, 11) is 0. The summed E-state index contributed by atoms with van der Waals surface area (Å²) in [5.74, 6) is -0.362. The van der Waals surface area contributed by atoms with E-state index in [2.05, 4.69) is 9.97 Å². The normalized spacial score (nSPS) is 28.5. The van der Waals surface area contributed by atoms with Crippen LogP contribution in [0.25, 0.3) is 0 Å². The molecular formula is C8H13N5O4. The lowest BCUT2D eigenvalue weighted by atomic mass is 10.2. The summed E-state index contributed by atoms with van der Waals surface area (Å²) >= 11 is 0. The molecule has 1 saturated heterocycles. The Bertz CT molecular complexity index is 475. The van der Waals surface area contributed by atoms with E-state index in [4.69, 9.17) is 21.3 Å². The van der Waals surface area contributed by atoms with Crippen molar-refractivity contribution in [2.45, 2.75) is 24.9 Å². The zero-order valence-electron chi connectivity index (χ0n) is 8.85. The lowest BCUT2D eigenvalue weighted by Gasteiger charge is -2.15. The average Bonchev–Trinajstić information content (AvgIpc) is 2.57. The van der Waals surface area contributed by atoms with Gasteiger partial charge in [0.25, 0.3) is 0 Å². The van der Waals surface area contributed by atoms with E-state index in [0.29, 0.717) is 0 Å². The van der Waals surface area contributed by atoms with Crippen molar-refractivity contribution >= 4 is 11.9 Å². The van der Waals surface area contributed by atoms with Crippen molar-refractivity contribution in [3.05, 3.63) is 10.5 Å². The molecule has 1 aromatic rings. The third kappa shape index (κ3) is 2.07. The van der Waals surface area contributed by atoms with Gasteiger partial charge in [-0.15, -0.1) is 0 Å². The highest BCUT2D eigenvalue weighted by Crippen LogP contribution is 2.28. The number of hydrogen-bond donors (Lipinski definition) is 4. The van der Waals surface area contributed by atoms with Crippen molar-refractivity contribution in [3.8, 4) is 0 Å². The molecule has 0 unspecified atom stereocenters. The zero-order valence-corrected chi connectivity index (χ0v) is 8.85. The van der Waals surface area contributed by atoms with E-state index in [0.717, 1.165) is 4.57 Å². The summed E-state index contributed by atoms with van der Waals surface area (Å²) in [6, 6.07) is 0. The Morgan fingerprint density at radius 1 is 1.47 bits per heavy atom. The van der Waals surface area contributed by atoms with Gasteiger partial charge in [0.1, 0.15) is 12.3 Å². The number of aromatic nitrogens is 3. The lowest BCUT2D eigenvalue weighted by Crippen LogP contribution is -2.31. The Balaban J connectivity index is 2.34. The molecule has 0 bridgehead atoms. The molecule has 2 heterocycles. The first-order chi connectivity index (χ1) is 8.02. The van der Waals surface area contributed by atoms with Gasteiger partial charge in [-0.1, -0.05) is 0 Å². The minimum absolute atomic E-state index is 0.128. The molecule has 1 aliphatic rings. The second kappa shape index (κ2) is 4.28. The molecule has 9 nitrogen and oxygen atoms in total. The van der Waals surface area contributed by atoms with E-state index >= 15 is 0 Å². The monoisotopic (exact) mass is 243 g/mol. The van der Waals surface area contributed by atoms with Crippen LogP contribution in [-0.2, 0) is 4.74 Å². The predicted molar refractivity (Wildman–Crippen MR) is 56.7 cm³/mol. The average molecular weight is 243 g/mol. The van der Waals surface area contributed by atoms with Crippen molar-refractivity contribution in [2.75, 3.05) is 18.1 Å². The number of rotatable bonds is 2. The van der Waals surface area contributed by atoms with Crippen molar-refractivity contribution in [2.24, 2.45) is 0 Å².